The highest BCUT2D eigenvalue weighted by atomic mass is 32.1. The van der Waals surface area contributed by atoms with E-state index in [0.29, 0.717) is 56.5 Å². The van der Waals surface area contributed by atoms with Gasteiger partial charge in [-0.3, -0.25) is 14.9 Å². The molecule has 11 heteroatoms. The van der Waals surface area contributed by atoms with Crippen LogP contribution in [0.2, 0.25) is 0 Å². The van der Waals surface area contributed by atoms with E-state index in [1.807, 2.05) is 45.2 Å². The molecule has 10 nitrogen and oxygen atoms in total. The maximum atomic E-state index is 13.7. The fourth-order valence-corrected chi connectivity index (χ4v) is 11.4. The molecule has 7 rings (SSSR count). The molecule has 4 fully saturated rings. The molecule has 5 N–H and O–H groups in total. The van der Waals surface area contributed by atoms with Crippen LogP contribution in [-0.4, -0.2) is 52.4 Å². The number of hydrogen-bond donors (Lipinski definition) is 5. The van der Waals surface area contributed by atoms with Crippen molar-refractivity contribution in [3.63, 3.8) is 0 Å². The predicted molar refractivity (Wildman–Crippen MR) is 223 cm³/mol. The number of aromatic nitrogens is 2. The van der Waals surface area contributed by atoms with Crippen LogP contribution in [0.5, 0.6) is 0 Å². The summed E-state index contributed by atoms with van der Waals surface area (Å²) in [7, 11) is 1.84. The first-order valence-corrected chi connectivity index (χ1v) is 19.5. The fourth-order valence-electron chi connectivity index (χ4n) is 10.5. The number of nitrogens with one attached hydrogen (secondary N) is 4. The quantitative estimate of drug-likeness (QED) is 0.0446. The normalized spacial score (nSPS) is 26.8. The Morgan fingerprint density at radius 1 is 1.02 bits per heavy atom. The van der Waals surface area contributed by atoms with Crippen LogP contribution in [0.25, 0.3) is 21.4 Å². The molecular weight excluding hydrogens is 709 g/mol. The number of amides is 1. The van der Waals surface area contributed by atoms with E-state index in [9.17, 15) is 14.7 Å². The van der Waals surface area contributed by atoms with Crippen molar-refractivity contribution in [2.24, 2.45) is 16.2 Å². The molecule has 2 heterocycles. The van der Waals surface area contributed by atoms with Gasteiger partial charge < -0.3 is 15.8 Å². The van der Waals surface area contributed by atoms with Crippen LogP contribution in [-0.2, 0) is 9.63 Å². The Balaban J connectivity index is 1.31. The highest BCUT2D eigenvalue weighted by Crippen LogP contribution is 2.71. The van der Waals surface area contributed by atoms with Gasteiger partial charge in [0.15, 0.2) is 10.8 Å². The third-order valence-electron chi connectivity index (χ3n) is 11.3. The second kappa shape index (κ2) is 15.3. The molecule has 2 aromatic heterocycles. The molecule has 1 aromatic carbocycles. The zero-order valence-corrected chi connectivity index (χ0v) is 33.5. The number of hydroxylamine groups is 1. The zero-order chi connectivity index (χ0) is 39.8. The van der Waals surface area contributed by atoms with Gasteiger partial charge in [0, 0.05) is 47.8 Å². The number of carboxylic acids is 1. The van der Waals surface area contributed by atoms with E-state index in [2.05, 4.69) is 53.1 Å². The van der Waals surface area contributed by atoms with E-state index in [4.69, 9.17) is 10.2 Å². The number of carbonyl (C=O) groups is 2. The summed E-state index contributed by atoms with van der Waals surface area (Å²) in [4.78, 5) is 42.0. The Bertz CT molecular complexity index is 2160. The van der Waals surface area contributed by atoms with Crippen molar-refractivity contribution >= 4 is 55.9 Å². The van der Waals surface area contributed by atoms with Crippen LogP contribution in [0, 0.1) is 21.7 Å². The maximum Gasteiger partial charge on any atom is 0.355 e. The Labute approximate surface area is 327 Å². The van der Waals surface area contributed by atoms with Gasteiger partial charge in [0.25, 0.3) is 5.91 Å². The molecule has 4 aliphatic rings. The first kappa shape index (κ1) is 39.7. The van der Waals surface area contributed by atoms with Gasteiger partial charge in [-0.1, -0.05) is 74.3 Å². The van der Waals surface area contributed by atoms with Crippen molar-refractivity contribution in [1.82, 2.24) is 20.8 Å². The van der Waals surface area contributed by atoms with Crippen LogP contribution in [0.3, 0.4) is 0 Å². The van der Waals surface area contributed by atoms with E-state index in [-0.39, 0.29) is 33.4 Å². The molecule has 4 aliphatic carbocycles. The number of pyridine rings is 1. The molecule has 55 heavy (non-hydrogen) atoms. The Morgan fingerprint density at radius 2 is 1.73 bits per heavy atom. The summed E-state index contributed by atoms with van der Waals surface area (Å²) in [5, 5.41) is 25.9. The Morgan fingerprint density at radius 3 is 2.33 bits per heavy atom. The fraction of sp³-hybridized carbons (Fsp3) is 0.386. The maximum absolute atomic E-state index is 13.7. The van der Waals surface area contributed by atoms with Gasteiger partial charge in [0.05, 0.1) is 21.5 Å². The topological polar surface area (TPSA) is 149 Å². The van der Waals surface area contributed by atoms with Crippen molar-refractivity contribution in [2.75, 3.05) is 18.9 Å². The first-order valence-electron chi connectivity index (χ1n) is 18.7. The molecule has 0 saturated heterocycles. The summed E-state index contributed by atoms with van der Waals surface area (Å²) in [6.45, 7) is 19.1. The van der Waals surface area contributed by atoms with Crippen LogP contribution in [0.4, 0.5) is 5.13 Å². The van der Waals surface area contributed by atoms with E-state index >= 15 is 0 Å². The van der Waals surface area contributed by atoms with E-state index in [1.54, 1.807) is 43.4 Å². The lowest BCUT2D eigenvalue weighted by Crippen LogP contribution is -2.66. The molecule has 0 radical (unpaired) electrons. The lowest BCUT2D eigenvalue weighted by atomic mass is 9.39. The second-order valence-electron chi connectivity index (χ2n) is 16.5. The first-order chi connectivity index (χ1) is 26.1. The number of carboxylic acid groups (broad SMARTS) is 1. The SMILES string of the molecule is C=C\C(=C/C(C(=C)C)=C(/C=C\C)C(=O)Nc1nc2ccccc2s1)c1ccc(/C(C=N)=C(\C)NCC23CC4(C)CC(C)(C2)CC(ONC)(C4)C3)c(C(=O)O)n1. The number of benzene rings is 1. The van der Waals surface area contributed by atoms with Crippen molar-refractivity contribution in [3.05, 3.63) is 113 Å². The zero-order valence-electron chi connectivity index (χ0n) is 32.7. The van der Waals surface area contributed by atoms with Crippen molar-refractivity contribution in [1.29, 1.82) is 5.41 Å². The van der Waals surface area contributed by atoms with E-state index in [0.717, 1.165) is 42.3 Å². The van der Waals surface area contributed by atoms with Crippen molar-refractivity contribution < 1.29 is 19.5 Å². The summed E-state index contributed by atoms with van der Waals surface area (Å²) >= 11 is 1.38. The molecule has 0 aliphatic heterocycles. The van der Waals surface area contributed by atoms with Gasteiger partial charge in [-0.25, -0.2) is 20.2 Å². The van der Waals surface area contributed by atoms with Crippen molar-refractivity contribution in [3.8, 4) is 0 Å². The molecule has 4 saturated carbocycles. The average molecular weight is 761 g/mol. The largest absolute Gasteiger partial charge is 0.476 e. The minimum atomic E-state index is -1.22. The number of para-hydroxylation sites is 1. The summed E-state index contributed by atoms with van der Waals surface area (Å²) in [6.07, 6.45) is 14.4. The van der Waals surface area contributed by atoms with E-state index in [1.165, 1.54) is 24.0 Å². The number of anilines is 1. The Hall–Kier alpha value is -4.97. The smallest absolute Gasteiger partial charge is 0.355 e. The van der Waals surface area contributed by atoms with Gasteiger partial charge in [0.1, 0.15) is 0 Å². The van der Waals surface area contributed by atoms with Crippen LogP contribution < -0.4 is 16.1 Å². The molecule has 0 spiro atoms. The van der Waals surface area contributed by atoms with Crippen LogP contribution in [0.1, 0.15) is 94.9 Å². The molecule has 4 bridgehead atoms. The monoisotopic (exact) mass is 760 g/mol. The summed E-state index contributed by atoms with van der Waals surface area (Å²) < 4.78 is 0.957. The summed E-state index contributed by atoms with van der Waals surface area (Å²) in [6, 6.07) is 11.1. The van der Waals surface area contributed by atoms with Gasteiger partial charge in [-0.05, 0) is 111 Å². The number of hydrogen-bond acceptors (Lipinski definition) is 9. The van der Waals surface area contributed by atoms with E-state index < -0.39 is 5.97 Å². The third-order valence-corrected chi connectivity index (χ3v) is 12.2. The minimum Gasteiger partial charge on any atom is -0.476 e. The number of nitrogens with zero attached hydrogens (tertiary/aromatic N) is 2. The number of carbonyl (C=O) groups excluding carboxylic acids is 1. The number of thiazole rings is 1. The summed E-state index contributed by atoms with van der Waals surface area (Å²) in [5.41, 5.74) is 7.62. The highest BCUT2D eigenvalue weighted by Gasteiger charge is 2.66. The number of rotatable bonds is 15. The Kier molecular flexibility index (Phi) is 11.0. The molecule has 288 valence electrons. The van der Waals surface area contributed by atoms with Crippen LogP contribution >= 0.6 is 11.3 Å². The minimum absolute atomic E-state index is 0.0104. The predicted octanol–water partition coefficient (Wildman–Crippen LogP) is 9.29. The molecule has 3 aromatic rings. The number of allylic oxidation sites excluding steroid dienone is 8. The molecule has 2 unspecified atom stereocenters. The number of aromatic carboxylic acids is 1. The molecular formula is C44H52N6O4S. The van der Waals surface area contributed by atoms with Gasteiger partial charge in [0.2, 0.25) is 0 Å². The van der Waals surface area contributed by atoms with Crippen LogP contribution in [0.15, 0.2) is 96.3 Å². The molecule has 2 atom stereocenters. The van der Waals surface area contributed by atoms with Gasteiger partial charge in [-0.2, -0.15) is 0 Å². The second-order valence-corrected chi connectivity index (χ2v) is 17.5. The summed E-state index contributed by atoms with van der Waals surface area (Å²) in [5.74, 6) is -1.59. The standard InChI is InChI=1S/C44H52N6O4S/c1-9-13-31(38(51)50-40-49-35-14-11-12-15-36(35)55-40)32(27(3)4)18-29(10-2)34-17-16-30(37(48-34)39(52)53)33(19-45)28(5)47-26-43-21-41(6)20-42(7,22-43)24-44(23-41,25-43)54-46-8/h9-19,45-47H,2-3,20-26H2,1,4-8H3,(H,52,53)(H,49,50,51)/b13-9-,29-18+,32-31+,33-28+,45-19?. The molecule has 1 amide bonds. The van der Waals surface area contributed by atoms with Crippen molar-refractivity contribution in [2.45, 2.75) is 78.7 Å². The lowest BCUT2D eigenvalue weighted by molar-refractivity contribution is -0.260. The third kappa shape index (κ3) is 8.06. The lowest BCUT2D eigenvalue weighted by Gasteiger charge is -2.69. The van der Waals surface area contributed by atoms with Gasteiger partial charge in [-0.15, -0.1) is 0 Å². The number of fused-ring (bicyclic) bond motifs is 1. The van der Waals surface area contributed by atoms with Gasteiger partial charge >= 0.3 is 5.97 Å². The highest BCUT2D eigenvalue weighted by molar-refractivity contribution is 7.22. The average Bonchev–Trinajstić information content (AvgIpc) is 3.51.